The van der Waals surface area contributed by atoms with E-state index < -0.39 is 9.84 Å². The van der Waals surface area contributed by atoms with Crippen LogP contribution in [0.2, 0.25) is 10.0 Å². The molecule has 6 nitrogen and oxygen atoms in total. The highest BCUT2D eigenvalue weighted by molar-refractivity contribution is 7.90. The normalized spacial score (nSPS) is 11.7. The van der Waals surface area contributed by atoms with Crippen LogP contribution in [0, 0.1) is 0 Å². The van der Waals surface area contributed by atoms with Crippen LogP contribution in [0.5, 0.6) is 0 Å². The largest absolute Gasteiger partial charge is 0.288 e. The van der Waals surface area contributed by atoms with Gasteiger partial charge in [0.2, 0.25) is 15.0 Å². The topological polar surface area (TPSA) is 81.9 Å². The Morgan fingerprint density at radius 3 is 2.30 bits per heavy atom. The molecule has 0 aliphatic heterocycles. The predicted molar refractivity (Wildman–Crippen MR) is 118 cm³/mol. The van der Waals surface area contributed by atoms with Crippen LogP contribution in [0.1, 0.15) is 5.56 Å². The SMILES string of the molecule is CS(=O)(=O)c1ncc2cc(-c3c(Cl)cccc3Cl)c(=O)n(Cc3ccccc3)c2n1. The Bertz CT molecular complexity index is 1420. The summed E-state index contributed by atoms with van der Waals surface area (Å²) in [6.07, 6.45) is 2.40. The Balaban J connectivity index is 2.07. The van der Waals surface area contributed by atoms with Crippen LogP contribution in [-0.2, 0) is 16.4 Å². The van der Waals surface area contributed by atoms with Crippen LogP contribution in [0.15, 0.2) is 70.7 Å². The first-order chi connectivity index (χ1) is 14.3. The van der Waals surface area contributed by atoms with Crippen LogP contribution < -0.4 is 5.56 Å². The van der Waals surface area contributed by atoms with E-state index in [0.717, 1.165) is 11.8 Å². The number of pyridine rings is 1. The fourth-order valence-electron chi connectivity index (χ4n) is 3.17. The third kappa shape index (κ3) is 3.84. The summed E-state index contributed by atoms with van der Waals surface area (Å²) in [5.74, 6) is 0. The molecule has 0 unspecified atom stereocenters. The van der Waals surface area contributed by atoms with Crippen molar-refractivity contribution in [2.24, 2.45) is 0 Å². The number of sulfone groups is 1. The molecule has 2 heterocycles. The van der Waals surface area contributed by atoms with Gasteiger partial charge in [0.15, 0.2) is 0 Å². The lowest BCUT2D eigenvalue weighted by Gasteiger charge is -2.14. The van der Waals surface area contributed by atoms with Gasteiger partial charge in [-0.3, -0.25) is 9.36 Å². The average molecular weight is 460 g/mol. The van der Waals surface area contributed by atoms with Gasteiger partial charge in [-0.2, -0.15) is 4.98 Å². The molecule has 0 N–H and O–H groups in total. The Hall–Kier alpha value is -2.74. The molecule has 0 radical (unpaired) electrons. The monoisotopic (exact) mass is 459 g/mol. The molecule has 2 aromatic heterocycles. The van der Waals surface area contributed by atoms with Crippen molar-refractivity contribution >= 4 is 44.1 Å². The molecule has 0 saturated carbocycles. The number of rotatable bonds is 4. The van der Waals surface area contributed by atoms with E-state index in [2.05, 4.69) is 9.97 Å². The number of fused-ring (bicyclic) bond motifs is 1. The molecule has 0 fully saturated rings. The maximum absolute atomic E-state index is 13.5. The van der Waals surface area contributed by atoms with Crippen molar-refractivity contribution in [2.45, 2.75) is 11.7 Å². The molecule has 0 aliphatic rings. The second-order valence-electron chi connectivity index (χ2n) is 6.74. The van der Waals surface area contributed by atoms with E-state index in [4.69, 9.17) is 23.2 Å². The summed E-state index contributed by atoms with van der Waals surface area (Å²) in [5.41, 5.74) is 1.36. The lowest BCUT2D eigenvalue weighted by atomic mass is 10.1. The summed E-state index contributed by atoms with van der Waals surface area (Å²) in [4.78, 5) is 21.6. The molecule has 0 saturated heterocycles. The minimum atomic E-state index is -3.65. The van der Waals surface area contributed by atoms with Gasteiger partial charge in [-0.25, -0.2) is 13.4 Å². The molecule has 4 rings (SSSR count). The van der Waals surface area contributed by atoms with E-state index in [0.29, 0.717) is 21.0 Å². The van der Waals surface area contributed by atoms with E-state index in [1.807, 2.05) is 30.3 Å². The number of hydrogen-bond acceptors (Lipinski definition) is 5. The van der Waals surface area contributed by atoms with E-state index in [1.165, 1.54) is 10.8 Å². The summed E-state index contributed by atoms with van der Waals surface area (Å²) < 4.78 is 25.3. The van der Waals surface area contributed by atoms with Gasteiger partial charge >= 0.3 is 0 Å². The summed E-state index contributed by atoms with van der Waals surface area (Å²) in [5, 5.41) is 0.807. The molecule has 152 valence electrons. The molecule has 0 atom stereocenters. The van der Waals surface area contributed by atoms with Gasteiger partial charge in [0.05, 0.1) is 22.2 Å². The van der Waals surface area contributed by atoms with Crippen LogP contribution in [0.3, 0.4) is 0 Å². The van der Waals surface area contributed by atoms with Gasteiger partial charge in [0.25, 0.3) is 5.56 Å². The highest BCUT2D eigenvalue weighted by atomic mass is 35.5. The zero-order valence-electron chi connectivity index (χ0n) is 15.7. The maximum atomic E-state index is 13.5. The fraction of sp³-hybridized carbons (Fsp3) is 0.0952. The average Bonchev–Trinajstić information content (AvgIpc) is 2.70. The Morgan fingerprint density at radius 2 is 1.67 bits per heavy atom. The maximum Gasteiger partial charge on any atom is 0.260 e. The van der Waals surface area contributed by atoms with Crippen LogP contribution in [0.4, 0.5) is 0 Å². The number of hydrogen-bond donors (Lipinski definition) is 0. The molecular weight excluding hydrogens is 445 g/mol. The molecule has 0 aliphatic carbocycles. The third-order valence-corrected chi connectivity index (χ3v) is 6.04. The number of benzene rings is 2. The van der Waals surface area contributed by atoms with Crippen molar-refractivity contribution < 1.29 is 8.42 Å². The van der Waals surface area contributed by atoms with E-state index in [-0.39, 0.29) is 28.5 Å². The van der Waals surface area contributed by atoms with Gasteiger partial charge in [0, 0.05) is 23.4 Å². The molecule has 2 aromatic carbocycles. The first kappa shape index (κ1) is 20.5. The Kier molecular flexibility index (Phi) is 5.36. The summed E-state index contributed by atoms with van der Waals surface area (Å²) >= 11 is 12.7. The van der Waals surface area contributed by atoms with Gasteiger partial charge < -0.3 is 0 Å². The number of halogens is 2. The van der Waals surface area contributed by atoms with E-state index in [9.17, 15) is 13.2 Å². The van der Waals surface area contributed by atoms with Crippen molar-refractivity contribution in [3.05, 3.63) is 86.8 Å². The molecule has 30 heavy (non-hydrogen) atoms. The second-order valence-corrected chi connectivity index (χ2v) is 9.46. The van der Waals surface area contributed by atoms with Crippen molar-refractivity contribution in [3.8, 4) is 11.1 Å². The summed E-state index contributed by atoms with van der Waals surface area (Å²) in [7, 11) is -3.65. The van der Waals surface area contributed by atoms with E-state index >= 15 is 0 Å². The highest BCUT2D eigenvalue weighted by Gasteiger charge is 2.19. The van der Waals surface area contributed by atoms with Crippen molar-refractivity contribution in [1.29, 1.82) is 0 Å². The molecule has 0 bridgehead atoms. The van der Waals surface area contributed by atoms with Crippen LogP contribution in [0.25, 0.3) is 22.2 Å². The zero-order valence-corrected chi connectivity index (χ0v) is 18.0. The predicted octanol–water partition coefficient (Wildman–Crippen LogP) is 4.22. The van der Waals surface area contributed by atoms with Gasteiger partial charge in [-0.15, -0.1) is 0 Å². The summed E-state index contributed by atoms with van der Waals surface area (Å²) in [6.45, 7) is 0.187. The lowest BCUT2D eigenvalue weighted by molar-refractivity contribution is 0.593. The second kappa shape index (κ2) is 7.83. The minimum Gasteiger partial charge on any atom is -0.288 e. The lowest BCUT2D eigenvalue weighted by Crippen LogP contribution is -2.24. The Labute approximate surface area is 182 Å². The molecule has 4 aromatic rings. The van der Waals surface area contributed by atoms with Gasteiger partial charge in [-0.05, 0) is 23.8 Å². The first-order valence-corrected chi connectivity index (χ1v) is 11.5. The molecular formula is C21H15Cl2N3O3S. The summed E-state index contributed by atoms with van der Waals surface area (Å²) in [6, 6.07) is 15.9. The van der Waals surface area contributed by atoms with Crippen LogP contribution >= 0.6 is 23.2 Å². The highest BCUT2D eigenvalue weighted by Crippen LogP contribution is 2.34. The fourth-order valence-corrected chi connectivity index (χ4v) is 4.27. The van der Waals surface area contributed by atoms with E-state index in [1.54, 1.807) is 24.3 Å². The van der Waals surface area contributed by atoms with Crippen molar-refractivity contribution in [1.82, 2.24) is 14.5 Å². The molecule has 0 spiro atoms. The van der Waals surface area contributed by atoms with Crippen molar-refractivity contribution in [3.63, 3.8) is 0 Å². The van der Waals surface area contributed by atoms with Crippen LogP contribution in [-0.4, -0.2) is 29.2 Å². The molecule has 0 amide bonds. The third-order valence-electron chi connectivity index (χ3n) is 4.55. The first-order valence-electron chi connectivity index (χ1n) is 8.84. The van der Waals surface area contributed by atoms with Gasteiger partial charge in [0.1, 0.15) is 5.65 Å². The smallest absolute Gasteiger partial charge is 0.260 e. The minimum absolute atomic E-state index is 0.187. The standard InChI is InChI=1S/C21H15Cl2N3O3S/c1-30(28,29)21-24-11-14-10-15(18-16(22)8-5-9-17(18)23)20(27)26(19(14)25-21)12-13-6-3-2-4-7-13/h2-11H,12H2,1H3. The Morgan fingerprint density at radius 1 is 1.00 bits per heavy atom. The van der Waals surface area contributed by atoms with Crippen molar-refractivity contribution in [2.75, 3.05) is 6.26 Å². The van der Waals surface area contributed by atoms with Gasteiger partial charge in [-0.1, -0.05) is 59.6 Å². The number of aromatic nitrogens is 3. The zero-order chi connectivity index (χ0) is 21.5. The molecule has 9 heteroatoms. The number of nitrogens with zero attached hydrogens (tertiary/aromatic N) is 3. The quantitative estimate of drug-likeness (QED) is 0.426.